The minimum Gasteiger partial charge on any atom is -0.395 e. The average molecular weight is 155 g/mol. The molecule has 2 rings (SSSR count). The predicted molar refractivity (Wildman–Crippen MR) is 44.5 cm³/mol. The molecule has 0 bridgehead atoms. The van der Waals surface area contributed by atoms with E-state index in [9.17, 15) is 0 Å². The van der Waals surface area contributed by atoms with Gasteiger partial charge in [0, 0.05) is 12.1 Å². The van der Waals surface area contributed by atoms with Gasteiger partial charge in [-0.15, -0.1) is 0 Å². The molecule has 2 fully saturated rings. The van der Waals surface area contributed by atoms with Crippen molar-refractivity contribution in [3.05, 3.63) is 0 Å². The quantitative estimate of drug-likeness (QED) is 0.643. The van der Waals surface area contributed by atoms with E-state index in [1.54, 1.807) is 0 Å². The number of nitrogens with zero attached hydrogens (tertiary/aromatic N) is 1. The molecule has 0 aromatic heterocycles. The maximum absolute atomic E-state index is 9.06. The van der Waals surface area contributed by atoms with Gasteiger partial charge in [-0.25, -0.2) is 0 Å². The Labute approximate surface area is 68.2 Å². The van der Waals surface area contributed by atoms with E-state index < -0.39 is 0 Å². The molecule has 2 heteroatoms. The molecule has 0 aromatic carbocycles. The van der Waals surface area contributed by atoms with Crippen molar-refractivity contribution in [2.45, 2.75) is 44.2 Å². The summed E-state index contributed by atoms with van der Waals surface area (Å²) >= 11 is 0. The summed E-state index contributed by atoms with van der Waals surface area (Å²) in [6.07, 6.45) is 6.65. The SMILES string of the molecule is OC[C@H]1CCCN1C1CCC1. The first-order valence-electron chi connectivity index (χ1n) is 4.78. The molecule has 1 atom stereocenters. The molecular formula is C9H17NO. The summed E-state index contributed by atoms with van der Waals surface area (Å²) in [4.78, 5) is 2.52. The van der Waals surface area contributed by atoms with E-state index in [0.29, 0.717) is 12.6 Å². The molecular weight excluding hydrogens is 138 g/mol. The first kappa shape index (κ1) is 7.56. The largest absolute Gasteiger partial charge is 0.395 e. The highest BCUT2D eigenvalue weighted by Crippen LogP contribution is 2.30. The summed E-state index contributed by atoms with van der Waals surface area (Å²) < 4.78 is 0. The Morgan fingerprint density at radius 1 is 1.18 bits per heavy atom. The van der Waals surface area contributed by atoms with E-state index in [1.165, 1.54) is 38.6 Å². The zero-order valence-electron chi connectivity index (χ0n) is 7.00. The van der Waals surface area contributed by atoms with Crippen LogP contribution in [0.4, 0.5) is 0 Å². The van der Waals surface area contributed by atoms with E-state index in [0.717, 1.165) is 6.04 Å². The van der Waals surface area contributed by atoms with Crippen molar-refractivity contribution in [3.8, 4) is 0 Å². The van der Waals surface area contributed by atoms with Crippen LogP contribution in [-0.2, 0) is 0 Å². The van der Waals surface area contributed by atoms with Gasteiger partial charge in [0.05, 0.1) is 6.61 Å². The van der Waals surface area contributed by atoms with Gasteiger partial charge in [-0.2, -0.15) is 0 Å². The molecule has 0 amide bonds. The maximum Gasteiger partial charge on any atom is 0.0586 e. The minimum atomic E-state index is 0.372. The lowest BCUT2D eigenvalue weighted by molar-refractivity contribution is 0.0784. The van der Waals surface area contributed by atoms with Crippen molar-refractivity contribution in [2.75, 3.05) is 13.2 Å². The highest BCUT2D eigenvalue weighted by atomic mass is 16.3. The minimum absolute atomic E-state index is 0.372. The van der Waals surface area contributed by atoms with Crippen LogP contribution in [-0.4, -0.2) is 35.2 Å². The van der Waals surface area contributed by atoms with E-state index in [4.69, 9.17) is 5.11 Å². The van der Waals surface area contributed by atoms with Crippen LogP contribution >= 0.6 is 0 Å². The fraction of sp³-hybridized carbons (Fsp3) is 1.00. The molecule has 1 aliphatic carbocycles. The summed E-state index contributed by atoms with van der Waals surface area (Å²) in [5.41, 5.74) is 0. The predicted octanol–water partition coefficient (Wildman–Crippen LogP) is 0.996. The van der Waals surface area contributed by atoms with Crippen molar-refractivity contribution in [3.63, 3.8) is 0 Å². The average Bonchev–Trinajstić information content (AvgIpc) is 2.32. The Balaban J connectivity index is 1.89. The van der Waals surface area contributed by atoms with Crippen LogP contribution in [0.1, 0.15) is 32.1 Å². The third kappa shape index (κ3) is 1.30. The number of aliphatic hydroxyl groups excluding tert-OH is 1. The third-order valence-electron chi connectivity index (χ3n) is 3.18. The summed E-state index contributed by atoms with van der Waals surface area (Å²) in [7, 11) is 0. The fourth-order valence-corrected chi connectivity index (χ4v) is 2.25. The van der Waals surface area contributed by atoms with Gasteiger partial charge in [-0.1, -0.05) is 6.42 Å². The lowest BCUT2D eigenvalue weighted by Gasteiger charge is -2.38. The molecule has 0 spiro atoms. The zero-order valence-corrected chi connectivity index (χ0v) is 7.00. The highest BCUT2D eigenvalue weighted by molar-refractivity contribution is 4.88. The zero-order chi connectivity index (χ0) is 7.68. The normalized spacial score (nSPS) is 34.1. The van der Waals surface area contributed by atoms with Gasteiger partial charge in [0.25, 0.3) is 0 Å². The monoisotopic (exact) mass is 155 g/mol. The lowest BCUT2D eigenvalue weighted by atomic mass is 9.91. The Kier molecular flexibility index (Phi) is 2.14. The number of hydrogen-bond donors (Lipinski definition) is 1. The van der Waals surface area contributed by atoms with Crippen molar-refractivity contribution >= 4 is 0 Å². The molecule has 0 unspecified atom stereocenters. The molecule has 1 saturated carbocycles. The molecule has 1 saturated heterocycles. The van der Waals surface area contributed by atoms with Crippen LogP contribution in [0.3, 0.4) is 0 Å². The van der Waals surface area contributed by atoms with Gasteiger partial charge in [0.1, 0.15) is 0 Å². The van der Waals surface area contributed by atoms with Crippen LogP contribution in [0.2, 0.25) is 0 Å². The van der Waals surface area contributed by atoms with Crippen molar-refractivity contribution in [2.24, 2.45) is 0 Å². The van der Waals surface area contributed by atoms with Gasteiger partial charge >= 0.3 is 0 Å². The first-order valence-corrected chi connectivity index (χ1v) is 4.78. The number of aliphatic hydroxyl groups is 1. The summed E-state index contributed by atoms with van der Waals surface area (Å²) in [5, 5.41) is 9.06. The van der Waals surface area contributed by atoms with Gasteiger partial charge in [-0.3, -0.25) is 4.90 Å². The molecule has 1 heterocycles. The summed E-state index contributed by atoms with van der Waals surface area (Å²) in [6, 6.07) is 1.33. The van der Waals surface area contributed by atoms with Gasteiger partial charge in [0.2, 0.25) is 0 Å². The molecule has 2 aliphatic rings. The topological polar surface area (TPSA) is 23.5 Å². The molecule has 64 valence electrons. The Bertz CT molecular complexity index is 134. The van der Waals surface area contributed by atoms with Crippen LogP contribution in [0.15, 0.2) is 0 Å². The molecule has 0 aromatic rings. The highest BCUT2D eigenvalue weighted by Gasteiger charge is 2.32. The number of hydrogen-bond acceptors (Lipinski definition) is 2. The van der Waals surface area contributed by atoms with Crippen molar-refractivity contribution in [1.29, 1.82) is 0 Å². The Hall–Kier alpha value is -0.0800. The maximum atomic E-state index is 9.06. The van der Waals surface area contributed by atoms with E-state index in [2.05, 4.69) is 4.90 Å². The van der Waals surface area contributed by atoms with Gasteiger partial charge < -0.3 is 5.11 Å². The van der Waals surface area contributed by atoms with E-state index in [1.807, 2.05) is 0 Å². The Morgan fingerprint density at radius 3 is 2.55 bits per heavy atom. The third-order valence-corrected chi connectivity index (χ3v) is 3.18. The Morgan fingerprint density at radius 2 is 2.00 bits per heavy atom. The molecule has 1 aliphatic heterocycles. The van der Waals surface area contributed by atoms with Crippen LogP contribution in [0.5, 0.6) is 0 Å². The van der Waals surface area contributed by atoms with E-state index >= 15 is 0 Å². The van der Waals surface area contributed by atoms with Crippen molar-refractivity contribution in [1.82, 2.24) is 4.90 Å². The molecule has 1 N–H and O–H groups in total. The van der Waals surface area contributed by atoms with Crippen LogP contribution in [0.25, 0.3) is 0 Å². The second kappa shape index (κ2) is 3.11. The first-order chi connectivity index (χ1) is 5.42. The number of rotatable bonds is 2. The van der Waals surface area contributed by atoms with Gasteiger partial charge in [0.15, 0.2) is 0 Å². The molecule has 2 nitrogen and oxygen atoms in total. The van der Waals surface area contributed by atoms with Crippen LogP contribution < -0.4 is 0 Å². The van der Waals surface area contributed by atoms with Crippen molar-refractivity contribution < 1.29 is 5.11 Å². The standard InChI is InChI=1S/C9H17NO/c11-7-9-5-2-6-10(9)8-3-1-4-8/h8-9,11H,1-7H2/t9-/m1/s1. The summed E-state index contributed by atoms with van der Waals surface area (Å²) in [5.74, 6) is 0. The van der Waals surface area contributed by atoms with E-state index in [-0.39, 0.29) is 0 Å². The summed E-state index contributed by atoms with van der Waals surface area (Å²) in [6.45, 7) is 1.60. The second-order valence-electron chi connectivity index (χ2n) is 3.80. The fourth-order valence-electron chi connectivity index (χ4n) is 2.25. The molecule has 0 radical (unpaired) electrons. The smallest absolute Gasteiger partial charge is 0.0586 e. The molecule has 11 heavy (non-hydrogen) atoms. The van der Waals surface area contributed by atoms with Crippen LogP contribution in [0, 0.1) is 0 Å². The second-order valence-corrected chi connectivity index (χ2v) is 3.80. The van der Waals surface area contributed by atoms with Gasteiger partial charge in [-0.05, 0) is 32.2 Å². The lowest BCUT2D eigenvalue weighted by Crippen LogP contribution is -2.44. The number of likely N-dealkylation sites (tertiary alicyclic amines) is 1.